The van der Waals surface area contributed by atoms with Crippen LogP contribution in [0.15, 0.2) is 42.5 Å². The molecule has 0 bridgehead atoms. The Bertz CT molecular complexity index is 597. The maximum Gasteiger partial charge on any atom is 0.123 e. The quantitative estimate of drug-likeness (QED) is 0.898. The summed E-state index contributed by atoms with van der Waals surface area (Å²) in [5, 5.41) is 10.6. The van der Waals surface area contributed by atoms with Crippen molar-refractivity contribution in [3.05, 3.63) is 70.5 Å². The number of rotatable bonds is 4. The number of hydrogen-bond donors (Lipinski definition) is 2. The molecule has 0 aromatic heterocycles. The van der Waals surface area contributed by atoms with Crippen molar-refractivity contribution >= 4 is 0 Å². The smallest absolute Gasteiger partial charge is 0.123 e. The van der Waals surface area contributed by atoms with E-state index in [1.807, 2.05) is 32.0 Å². The van der Waals surface area contributed by atoms with Crippen LogP contribution in [0.3, 0.4) is 0 Å². The van der Waals surface area contributed by atoms with E-state index in [0.29, 0.717) is 0 Å². The summed E-state index contributed by atoms with van der Waals surface area (Å²) in [5.41, 5.74) is 9.55. The van der Waals surface area contributed by atoms with E-state index in [0.717, 1.165) is 22.3 Å². The molecule has 2 aromatic carbocycles. The maximum atomic E-state index is 13.4. The lowest BCUT2D eigenvalue weighted by atomic mass is 9.86. The minimum atomic E-state index is -0.735. The van der Waals surface area contributed by atoms with E-state index in [1.54, 1.807) is 12.1 Å². The van der Waals surface area contributed by atoms with Gasteiger partial charge in [-0.1, -0.05) is 30.3 Å². The van der Waals surface area contributed by atoms with Crippen LogP contribution < -0.4 is 5.73 Å². The summed E-state index contributed by atoms with van der Waals surface area (Å²) in [6.45, 7) is 4.25. The van der Waals surface area contributed by atoms with Gasteiger partial charge in [0.25, 0.3) is 0 Å². The molecule has 0 amide bonds. The molecular formula is C17H20FNO. The molecule has 2 rings (SSSR count). The van der Waals surface area contributed by atoms with Crippen LogP contribution >= 0.6 is 0 Å². The summed E-state index contributed by atoms with van der Waals surface area (Å²) in [6, 6.07) is 12.1. The number of nitrogens with two attached hydrogens (primary N) is 1. The lowest BCUT2D eigenvalue weighted by molar-refractivity contribution is 0.146. The second kappa shape index (κ2) is 6.16. The van der Waals surface area contributed by atoms with Crippen LogP contribution in [0.1, 0.15) is 34.3 Å². The number of hydrogen-bond acceptors (Lipinski definition) is 2. The van der Waals surface area contributed by atoms with Crippen LogP contribution in [-0.2, 0) is 0 Å². The highest BCUT2D eigenvalue weighted by Crippen LogP contribution is 2.32. The highest BCUT2D eigenvalue weighted by atomic mass is 19.1. The average Bonchev–Trinajstić information content (AvgIpc) is 2.42. The molecule has 2 unspecified atom stereocenters. The first kappa shape index (κ1) is 14.7. The summed E-state index contributed by atoms with van der Waals surface area (Å²) in [6.07, 6.45) is -0.735. The zero-order chi connectivity index (χ0) is 14.7. The van der Waals surface area contributed by atoms with Crippen LogP contribution in [0, 0.1) is 19.7 Å². The molecule has 2 nitrogen and oxygen atoms in total. The van der Waals surface area contributed by atoms with Crippen molar-refractivity contribution in [2.24, 2.45) is 5.73 Å². The molecule has 20 heavy (non-hydrogen) atoms. The number of aliphatic hydroxyl groups excluding tert-OH is 1. The Hall–Kier alpha value is -1.71. The molecule has 2 aromatic rings. The van der Waals surface area contributed by atoms with Crippen molar-refractivity contribution in [3.8, 4) is 0 Å². The zero-order valence-corrected chi connectivity index (χ0v) is 11.8. The van der Waals surface area contributed by atoms with E-state index in [2.05, 4.69) is 0 Å². The van der Waals surface area contributed by atoms with Crippen LogP contribution in [0.25, 0.3) is 0 Å². The van der Waals surface area contributed by atoms with Gasteiger partial charge in [0.15, 0.2) is 0 Å². The van der Waals surface area contributed by atoms with Crippen molar-refractivity contribution < 1.29 is 9.50 Å². The number of benzene rings is 2. The molecule has 3 heteroatoms. The zero-order valence-electron chi connectivity index (χ0n) is 11.8. The second-order valence-electron chi connectivity index (χ2n) is 5.13. The van der Waals surface area contributed by atoms with Crippen LogP contribution in [-0.4, -0.2) is 11.7 Å². The van der Waals surface area contributed by atoms with Gasteiger partial charge >= 0.3 is 0 Å². The first-order chi connectivity index (χ1) is 9.54. The Balaban J connectivity index is 2.39. The van der Waals surface area contributed by atoms with Crippen LogP contribution in [0.4, 0.5) is 4.39 Å². The van der Waals surface area contributed by atoms with E-state index < -0.39 is 6.10 Å². The summed E-state index contributed by atoms with van der Waals surface area (Å²) in [5.74, 6) is -0.625. The average molecular weight is 273 g/mol. The predicted octanol–water partition coefficient (Wildman–Crippen LogP) is 3.22. The summed E-state index contributed by atoms with van der Waals surface area (Å²) in [7, 11) is 0. The molecular weight excluding hydrogens is 253 g/mol. The van der Waals surface area contributed by atoms with Gasteiger partial charge in [0.1, 0.15) is 5.82 Å². The minimum absolute atomic E-state index is 0.262. The van der Waals surface area contributed by atoms with Crippen molar-refractivity contribution in [1.82, 2.24) is 0 Å². The van der Waals surface area contributed by atoms with Gasteiger partial charge in [-0.15, -0.1) is 0 Å². The van der Waals surface area contributed by atoms with Gasteiger partial charge in [-0.25, -0.2) is 4.39 Å². The number of aliphatic hydroxyl groups is 1. The van der Waals surface area contributed by atoms with Crippen molar-refractivity contribution in [1.29, 1.82) is 0 Å². The fourth-order valence-electron chi connectivity index (χ4n) is 2.50. The fourth-order valence-corrected chi connectivity index (χ4v) is 2.50. The van der Waals surface area contributed by atoms with Gasteiger partial charge < -0.3 is 10.8 Å². The molecule has 0 aliphatic rings. The summed E-state index contributed by atoms with van der Waals surface area (Å²) in [4.78, 5) is 0. The van der Waals surface area contributed by atoms with E-state index in [9.17, 15) is 9.50 Å². The van der Waals surface area contributed by atoms with E-state index in [4.69, 9.17) is 5.73 Å². The van der Waals surface area contributed by atoms with E-state index in [-0.39, 0.29) is 18.3 Å². The topological polar surface area (TPSA) is 46.2 Å². The minimum Gasteiger partial charge on any atom is -0.388 e. The first-order valence-electron chi connectivity index (χ1n) is 6.74. The lowest BCUT2D eigenvalue weighted by Gasteiger charge is -2.24. The Morgan fingerprint density at radius 2 is 1.85 bits per heavy atom. The SMILES string of the molecule is Cc1cccc(C(O)C(CN)c2cccc(F)c2)c1C. The van der Waals surface area contributed by atoms with Gasteiger partial charge in [0, 0.05) is 12.5 Å². The fraction of sp³-hybridized carbons (Fsp3) is 0.294. The summed E-state index contributed by atoms with van der Waals surface area (Å²) >= 11 is 0. The first-order valence-corrected chi connectivity index (χ1v) is 6.74. The molecule has 0 heterocycles. The molecule has 3 N–H and O–H groups in total. The van der Waals surface area contributed by atoms with E-state index >= 15 is 0 Å². The number of aryl methyl sites for hydroxylation is 1. The van der Waals surface area contributed by atoms with Gasteiger partial charge in [0.2, 0.25) is 0 Å². The predicted molar refractivity (Wildman–Crippen MR) is 79.1 cm³/mol. The van der Waals surface area contributed by atoms with Crippen LogP contribution in [0.2, 0.25) is 0 Å². The molecule has 0 saturated heterocycles. The van der Waals surface area contributed by atoms with Gasteiger partial charge in [-0.2, -0.15) is 0 Å². The molecule has 2 atom stereocenters. The highest BCUT2D eigenvalue weighted by Gasteiger charge is 2.23. The van der Waals surface area contributed by atoms with Gasteiger partial charge in [-0.05, 0) is 48.2 Å². The third-order valence-electron chi connectivity index (χ3n) is 3.88. The molecule has 0 fully saturated rings. The number of halogens is 1. The second-order valence-corrected chi connectivity index (χ2v) is 5.13. The molecule has 0 spiro atoms. The van der Waals surface area contributed by atoms with Gasteiger partial charge in [0.05, 0.1) is 6.10 Å². The van der Waals surface area contributed by atoms with Crippen molar-refractivity contribution in [2.45, 2.75) is 25.9 Å². The van der Waals surface area contributed by atoms with Crippen molar-refractivity contribution in [2.75, 3.05) is 6.54 Å². The monoisotopic (exact) mass is 273 g/mol. The molecule has 0 saturated carbocycles. The van der Waals surface area contributed by atoms with E-state index in [1.165, 1.54) is 12.1 Å². The summed E-state index contributed by atoms with van der Waals surface area (Å²) < 4.78 is 13.4. The third kappa shape index (κ3) is 2.89. The Morgan fingerprint density at radius 1 is 1.15 bits per heavy atom. The van der Waals surface area contributed by atoms with Crippen molar-refractivity contribution in [3.63, 3.8) is 0 Å². The molecule has 106 valence electrons. The Morgan fingerprint density at radius 3 is 2.50 bits per heavy atom. The van der Waals surface area contributed by atoms with Gasteiger partial charge in [-0.3, -0.25) is 0 Å². The Kier molecular flexibility index (Phi) is 4.53. The Labute approximate surface area is 119 Å². The molecule has 0 radical (unpaired) electrons. The standard InChI is InChI=1S/C17H20FNO/c1-11-5-3-8-15(12(11)2)17(20)16(10-19)13-6-4-7-14(18)9-13/h3-9,16-17,20H,10,19H2,1-2H3. The largest absolute Gasteiger partial charge is 0.388 e. The molecule has 0 aliphatic heterocycles. The maximum absolute atomic E-state index is 13.4. The normalized spacial score (nSPS) is 14.1. The third-order valence-corrected chi connectivity index (χ3v) is 3.88. The lowest BCUT2D eigenvalue weighted by Crippen LogP contribution is -2.21. The van der Waals surface area contributed by atoms with Crippen LogP contribution in [0.5, 0.6) is 0 Å². The molecule has 0 aliphatic carbocycles. The highest BCUT2D eigenvalue weighted by molar-refractivity contribution is 5.37.